The van der Waals surface area contributed by atoms with Crippen LogP contribution in [0.5, 0.6) is 5.75 Å². The van der Waals surface area contributed by atoms with Gasteiger partial charge in [0, 0.05) is 62.1 Å². The minimum absolute atomic E-state index is 0. The summed E-state index contributed by atoms with van der Waals surface area (Å²) in [4.78, 5) is 3.97. The Hall–Kier alpha value is 1.07. The molecule has 4 heteroatoms. The molecule has 0 saturated heterocycles. The van der Waals surface area contributed by atoms with Gasteiger partial charge in [0.25, 0.3) is 0 Å². The van der Waals surface area contributed by atoms with Crippen molar-refractivity contribution in [1.29, 1.82) is 0 Å². The van der Waals surface area contributed by atoms with Gasteiger partial charge in [0.05, 0.1) is 12.3 Å². The van der Waals surface area contributed by atoms with Gasteiger partial charge in [0.2, 0.25) is 0 Å². The van der Waals surface area contributed by atoms with E-state index in [2.05, 4.69) is 20.9 Å². The number of ether oxygens (including phenoxy) is 1. The molecule has 0 aromatic carbocycles. The molecule has 0 bridgehead atoms. The fourth-order valence-electron chi connectivity index (χ4n) is 0.729. The third-order valence-electron chi connectivity index (χ3n) is 1.05. The molecule has 1 heterocycles. The third kappa shape index (κ3) is 4.94. The van der Waals surface area contributed by atoms with Crippen molar-refractivity contribution in [3.8, 4) is 5.75 Å². The topological polar surface area (TPSA) is 22.1 Å². The van der Waals surface area contributed by atoms with Crippen molar-refractivity contribution in [1.82, 2.24) is 4.98 Å². The van der Waals surface area contributed by atoms with Crippen LogP contribution in [0, 0.1) is 0 Å². The Morgan fingerprint density at radius 2 is 2.08 bits per heavy atom. The Labute approximate surface area is 124 Å². The number of halogens is 1. The van der Waals surface area contributed by atoms with E-state index < -0.39 is 0 Å². The van der Waals surface area contributed by atoms with Crippen LogP contribution in [0.2, 0.25) is 0 Å². The van der Waals surface area contributed by atoms with Gasteiger partial charge in [0.15, 0.2) is 0 Å². The van der Waals surface area contributed by atoms with Crippen molar-refractivity contribution < 1.29 is 4.74 Å². The maximum absolute atomic E-state index is 5.40. The van der Waals surface area contributed by atoms with E-state index in [0.29, 0.717) is 0 Å². The van der Waals surface area contributed by atoms with Crippen molar-refractivity contribution in [2.75, 3.05) is 0 Å². The molecule has 0 aliphatic carbocycles. The third-order valence-corrected chi connectivity index (χ3v) is 1.49. The summed E-state index contributed by atoms with van der Waals surface area (Å²) in [5.41, 5.74) is 0. The first-order valence-electron chi connectivity index (χ1n) is 3.45. The molecule has 1 radical (unpaired) electrons. The van der Waals surface area contributed by atoms with Crippen LogP contribution in [0.4, 0.5) is 0 Å². The maximum Gasteiger partial charge on any atom is 0.139 e. The van der Waals surface area contributed by atoms with Crippen LogP contribution in [0.15, 0.2) is 22.9 Å². The van der Waals surface area contributed by atoms with E-state index in [1.807, 2.05) is 19.9 Å². The van der Waals surface area contributed by atoms with Crippen molar-refractivity contribution in [2.24, 2.45) is 0 Å². The fraction of sp³-hybridized carbons (Fsp3) is 0.375. The first kappa shape index (κ1) is 13.1. The summed E-state index contributed by atoms with van der Waals surface area (Å²) in [6.45, 7) is 3.97. The number of hydrogen-bond acceptors (Lipinski definition) is 2. The van der Waals surface area contributed by atoms with Gasteiger partial charge in [-0.3, -0.25) is 4.98 Å². The van der Waals surface area contributed by atoms with E-state index in [9.17, 15) is 0 Å². The Morgan fingerprint density at radius 3 is 2.58 bits per heavy atom. The van der Waals surface area contributed by atoms with Gasteiger partial charge in [0.1, 0.15) is 5.75 Å². The van der Waals surface area contributed by atoms with E-state index in [0.717, 1.165) is 10.2 Å². The van der Waals surface area contributed by atoms with Gasteiger partial charge >= 0.3 is 0 Å². The van der Waals surface area contributed by atoms with E-state index in [1.165, 1.54) is 0 Å². The van der Waals surface area contributed by atoms with Gasteiger partial charge in [-0.1, -0.05) is 0 Å². The molecule has 0 aliphatic heterocycles. The largest absolute Gasteiger partial charge is 0.489 e. The Bertz CT molecular complexity index is 242. The van der Waals surface area contributed by atoms with Crippen LogP contribution < -0.4 is 4.74 Å². The zero-order valence-corrected chi connectivity index (χ0v) is 12.3. The number of aromatic nitrogens is 1. The average Bonchev–Trinajstić information content (AvgIpc) is 1.85. The molecule has 1 aromatic heterocycles. The second kappa shape index (κ2) is 6.51. The van der Waals surface area contributed by atoms with Crippen LogP contribution in [0.3, 0.4) is 0 Å². The van der Waals surface area contributed by atoms with Crippen molar-refractivity contribution in [3.05, 3.63) is 22.9 Å². The molecule has 1 aromatic rings. The summed E-state index contributed by atoms with van der Waals surface area (Å²) in [7, 11) is 0. The molecule has 0 fully saturated rings. The molecule has 0 atom stereocenters. The molecule has 0 N–H and O–H groups in total. The SMILES string of the molecule is CC(C)Oc1cncc(Br)c1.[K]. The van der Waals surface area contributed by atoms with Crippen LogP contribution in [-0.2, 0) is 0 Å². The number of pyridine rings is 1. The molecule has 1 rings (SSSR count). The van der Waals surface area contributed by atoms with Crippen LogP contribution >= 0.6 is 15.9 Å². The molecule has 12 heavy (non-hydrogen) atoms. The molecule has 61 valence electrons. The normalized spacial score (nSPS) is 9.33. The van der Waals surface area contributed by atoms with E-state index in [-0.39, 0.29) is 57.5 Å². The summed E-state index contributed by atoms with van der Waals surface area (Å²) >= 11 is 3.31. The molecule has 0 unspecified atom stereocenters. The Balaban J connectivity index is 0.00000121. The van der Waals surface area contributed by atoms with Gasteiger partial charge < -0.3 is 4.74 Å². The van der Waals surface area contributed by atoms with Crippen molar-refractivity contribution in [3.63, 3.8) is 0 Å². The molecule has 2 nitrogen and oxygen atoms in total. The van der Waals surface area contributed by atoms with Crippen LogP contribution in [-0.4, -0.2) is 62.5 Å². The predicted molar refractivity (Wildman–Crippen MR) is 53.5 cm³/mol. The van der Waals surface area contributed by atoms with Gasteiger partial charge in [-0.25, -0.2) is 0 Å². The minimum atomic E-state index is 0. The summed E-state index contributed by atoms with van der Waals surface area (Å²) in [5, 5.41) is 0. The molecule has 0 aliphatic rings. The van der Waals surface area contributed by atoms with Crippen LogP contribution in [0.1, 0.15) is 13.8 Å². The molecule has 0 saturated carbocycles. The van der Waals surface area contributed by atoms with E-state index >= 15 is 0 Å². The average molecular weight is 255 g/mol. The summed E-state index contributed by atoms with van der Waals surface area (Å²) in [5.74, 6) is 0.800. The standard InChI is InChI=1S/C8H10BrNO.K/c1-6(2)11-8-3-7(9)4-10-5-8;/h3-6H,1-2H3;. The van der Waals surface area contributed by atoms with Crippen molar-refractivity contribution in [2.45, 2.75) is 20.0 Å². The fourth-order valence-corrected chi connectivity index (χ4v) is 1.07. The van der Waals surface area contributed by atoms with E-state index in [4.69, 9.17) is 4.74 Å². The number of nitrogens with zero attached hydrogens (tertiary/aromatic N) is 1. The molecule has 0 spiro atoms. The molecular formula is C8H10BrKNO. The molecular weight excluding hydrogens is 245 g/mol. The van der Waals surface area contributed by atoms with Gasteiger partial charge in [-0.15, -0.1) is 0 Å². The van der Waals surface area contributed by atoms with E-state index in [1.54, 1.807) is 12.4 Å². The summed E-state index contributed by atoms with van der Waals surface area (Å²) < 4.78 is 6.34. The number of hydrogen-bond donors (Lipinski definition) is 0. The summed E-state index contributed by atoms with van der Waals surface area (Å²) in [6, 6.07) is 1.90. The second-order valence-electron chi connectivity index (χ2n) is 2.51. The minimum Gasteiger partial charge on any atom is -0.489 e. The number of rotatable bonds is 2. The smallest absolute Gasteiger partial charge is 0.139 e. The zero-order valence-electron chi connectivity index (χ0n) is 7.54. The first-order valence-corrected chi connectivity index (χ1v) is 4.25. The Kier molecular flexibility index (Phi) is 7.09. The monoisotopic (exact) mass is 254 g/mol. The zero-order chi connectivity index (χ0) is 8.27. The first-order chi connectivity index (χ1) is 5.18. The Morgan fingerprint density at radius 1 is 1.42 bits per heavy atom. The second-order valence-corrected chi connectivity index (χ2v) is 3.42. The van der Waals surface area contributed by atoms with Gasteiger partial charge in [-0.05, 0) is 35.8 Å². The van der Waals surface area contributed by atoms with Crippen molar-refractivity contribution >= 4 is 67.3 Å². The quantitative estimate of drug-likeness (QED) is 0.756. The molecule has 0 amide bonds. The van der Waals surface area contributed by atoms with Crippen LogP contribution in [0.25, 0.3) is 0 Å². The summed E-state index contributed by atoms with van der Waals surface area (Å²) in [6.07, 6.45) is 3.63. The van der Waals surface area contributed by atoms with Gasteiger partial charge in [-0.2, -0.15) is 0 Å². The maximum atomic E-state index is 5.40. The predicted octanol–water partition coefficient (Wildman–Crippen LogP) is 2.25.